The van der Waals surface area contributed by atoms with Gasteiger partial charge in [0, 0.05) is 44.2 Å². The molecule has 7 nitrogen and oxygen atoms in total. The summed E-state index contributed by atoms with van der Waals surface area (Å²) < 4.78 is 37.1. The van der Waals surface area contributed by atoms with E-state index in [1.54, 1.807) is 54.2 Å². The Labute approximate surface area is 186 Å². The topological polar surface area (TPSA) is 82.5 Å². The Balaban J connectivity index is 1.73. The highest BCUT2D eigenvalue weighted by Gasteiger charge is 2.21. The molecule has 3 aromatic rings. The van der Waals surface area contributed by atoms with E-state index in [-0.39, 0.29) is 17.9 Å². The first-order valence-corrected chi connectivity index (χ1v) is 11.6. The molecule has 0 spiro atoms. The van der Waals surface area contributed by atoms with Gasteiger partial charge in [-0.1, -0.05) is 12.1 Å². The summed E-state index contributed by atoms with van der Waals surface area (Å²) >= 11 is 0. The third kappa shape index (κ3) is 5.59. The number of anilines is 1. The van der Waals surface area contributed by atoms with Crippen molar-refractivity contribution in [1.82, 2.24) is 9.78 Å². The Kier molecular flexibility index (Phi) is 7.40. The van der Waals surface area contributed by atoms with Crippen molar-refractivity contribution < 1.29 is 22.8 Å². The number of carbonyl (C=O) groups is 1. The van der Waals surface area contributed by atoms with Crippen LogP contribution in [0, 0.1) is 12.7 Å². The van der Waals surface area contributed by atoms with Crippen LogP contribution in [-0.2, 0) is 31.6 Å². The zero-order valence-electron chi connectivity index (χ0n) is 18.3. The predicted octanol–water partition coefficient (Wildman–Crippen LogP) is 5.17. The van der Waals surface area contributed by atoms with Crippen molar-refractivity contribution in [3.63, 3.8) is 0 Å². The minimum absolute atomic E-state index is 0.139. The van der Waals surface area contributed by atoms with Gasteiger partial charge in [0.1, 0.15) is 5.82 Å². The number of aryl methyl sites for hydroxylation is 2. The zero-order valence-corrected chi connectivity index (χ0v) is 19.2. The van der Waals surface area contributed by atoms with Crippen LogP contribution in [0.4, 0.5) is 10.1 Å². The maximum atomic E-state index is 13.3. The van der Waals surface area contributed by atoms with Crippen molar-refractivity contribution in [2.75, 3.05) is 19.5 Å². The molecule has 0 saturated heterocycles. The Morgan fingerprint density at radius 3 is 2.34 bits per heavy atom. The molecule has 0 radical (unpaired) electrons. The average molecular weight is 457 g/mol. The van der Waals surface area contributed by atoms with Crippen LogP contribution in [0.5, 0.6) is 0 Å². The van der Waals surface area contributed by atoms with Gasteiger partial charge in [0.25, 0.3) is 0 Å². The maximum Gasteiger partial charge on any atom is 0.334 e. The van der Waals surface area contributed by atoms with E-state index >= 15 is 0 Å². The number of aromatic nitrogens is 2. The number of nitrogens with one attached hydrogen (secondary N) is 1. The third-order valence-corrected chi connectivity index (χ3v) is 6.81. The molecule has 168 valence electrons. The van der Waals surface area contributed by atoms with Crippen molar-refractivity contribution in [1.29, 1.82) is 0 Å². The highest BCUT2D eigenvalue weighted by Crippen LogP contribution is 2.49. The minimum atomic E-state index is -3.15. The molecule has 1 heterocycles. The van der Waals surface area contributed by atoms with Crippen LogP contribution in [-0.4, -0.2) is 29.9 Å². The summed E-state index contributed by atoms with van der Waals surface area (Å²) in [5.74, 6) is -0.632. The lowest BCUT2D eigenvalue weighted by Crippen LogP contribution is -2.07. The van der Waals surface area contributed by atoms with Crippen molar-refractivity contribution in [3.05, 3.63) is 77.2 Å². The number of hydrogen-bond donors (Lipinski definition) is 1. The predicted molar refractivity (Wildman–Crippen MR) is 123 cm³/mol. The summed E-state index contributed by atoms with van der Waals surface area (Å²) in [5, 5.41) is 7.21. The van der Waals surface area contributed by atoms with Crippen LogP contribution in [0.2, 0.25) is 0 Å². The lowest BCUT2D eigenvalue weighted by atomic mass is 10.1. The first-order valence-electron chi connectivity index (χ1n) is 9.82. The molecule has 0 aliphatic rings. The molecule has 1 N–H and O–H groups in total. The fraction of sp³-hybridized carbons (Fsp3) is 0.217. The molecule has 0 fully saturated rings. The fourth-order valence-corrected chi connectivity index (χ4v) is 4.35. The van der Waals surface area contributed by atoms with Crippen LogP contribution in [0.15, 0.2) is 54.6 Å². The van der Waals surface area contributed by atoms with Crippen LogP contribution in [0.3, 0.4) is 0 Å². The van der Waals surface area contributed by atoms with Crippen LogP contribution < -0.4 is 5.32 Å². The van der Waals surface area contributed by atoms with E-state index < -0.39 is 7.60 Å². The maximum absolute atomic E-state index is 13.3. The largest absolute Gasteiger partial charge is 0.334 e. The summed E-state index contributed by atoms with van der Waals surface area (Å²) in [6, 6.07) is 13.1. The van der Waals surface area contributed by atoms with E-state index in [0.29, 0.717) is 5.69 Å². The van der Waals surface area contributed by atoms with E-state index in [9.17, 15) is 13.8 Å². The van der Waals surface area contributed by atoms with Gasteiger partial charge in [-0.3, -0.25) is 14.0 Å². The molecule has 2 aromatic carbocycles. The SMILES string of the molecule is COP(=O)(Cc1ccc(NC(=O)C=Cc2c(C)nn(C)c2-c2ccc(F)cc2)cc1)OC. The van der Waals surface area contributed by atoms with Crippen molar-refractivity contribution >= 4 is 25.3 Å². The summed E-state index contributed by atoms with van der Waals surface area (Å²) in [6.45, 7) is 1.85. The summed E-state index contributed by atoms with van der Waals surface area (Å²) in [7, 11) is 1.34. The molecule has 3 rings (SSSR count). The van der Waals surface area contributed by atoms with Gasteiger partial charge in [0.2, 0.25) is 5.91 Å². The Hall–Kier alpha value is -3.06. The molecule has 0 aliphatic carbocycles. The van der Waals surface area contributed by atoms with Crippen LogP contribution in [0.25, 0.3) is 17.3 Å². The van der Waals surface area contributed by atoms with Crippen LogP contribution in [0.1, 0.15) is 16.8 Å². The summed E-state index contributed by atoms with van der Waals surface area (Å²) in [4.78, 5) is 12.4. The van der Waals surface area contributed by atoms with Crippen molar-refractivity contribution in [2.45, 2.75) is 13.1 Å². The molecule has 0 saturated carbocycles. The fourth-order valence-electron chi connectivity index (χ4n) is 3.29. The normalized spacial score (nSPS) is 11.8. The number of rotatable bonds is 8. The second-order valence-electron chi connectivity index (χ2n) is 7.13. The molecule has 0 aliphatic heterocycles. The van der Waals surface area contributed by atoms with Gasteiger partial charge in [-0.15, -0.1) is 0 Å². The van der Waals surface area contributed by atoms with E-state index in [0.717, 1.165) is 28.1 Å². The first-order chi connectivity index (χ1) is 15.2. The number of hydrogen-bond acceptors (Lipinski definition) is 5. The summed E-state index contributed by atoms with van der Waals surface area (Å²) in [6.07, 6.45) is 3.26. The Morgan fingerprint density at radius 2 is 1.75 bits per heavy atom. The van der Waals surface area contributed by atoms with Gasteiger partial charge in [-0.05, 0) is 55.0 Å². The average Bonchev–Trinajstić information content (AvgIpc) is 3.07. The number of halogens is 1. The second-order valence-corrected chi connectivity index (χ2v) is 9.40. The number of amides is 1. The van der Waals surface area contributed by atoms with E-state index in [4.69, 9.17) is 9.05 Å². The highest BCUT2D eigenvalue weighted by molar-refractivity contribution is 7.52. The van der Waals surface area contributed by atoms with Gasteiger partial charge in [0.05, 0.1) is 17.5 Å². The number of nitrogens with zero attached hydrogens (tertiary/aromatic N) is 2. The molecule has 0 atom stereocenters. The quantitative estimate of drug-likeness (QED) is 0.373. The minimum Gasteiger partial charge on any atom is -0.323 e. The van der Waals surface area contributed by atoms with E-state index in [1.807, 2.05) is 6.92 Å². The lowest BCUT2D eigenvalue weighted by Gasteiger charge is -2.13. The Morgan fingerprint density at radius 1 is 1.12 bits per heavy atom. The van der Waals surface area contributed by atoms with Crippen molar-refractivity contribution in [2.24, 2.45) is 7.05 Å². The molecular weight excluding hydrogens is 432 g/mol. The van der Waals surface area contributed by atoms with Crippen LogP contribution >= 0.6 is 7.60 Å². The smallest absolute Gasteiger partial charge is 0.323 e. The third-order valence-electron chi connectivity index (χ3n) is 4.94. The Bertz CT molecular complexity index is 1160. The molecule has 1 aromatic heterocycles. The monoisotopic (exact) mass is 457 g/mol. The molecular formula is C23H25FN3O4P. The number of carbonyl (C=O) groups excluding carboxylic acids is 1. The van der Waals surface area contributed by atoms with Gasteiger partial charge >= 0.3 is 7.60 Å². The second kappa shape index (κ2) is 10.0. The lowest BCUT2D eigenvalue weighted by molar-refractivity contribution is -0.111. The van der Waals surface area contributed by atoms with Gasteiger partial charge in [-0.2, -0.15) is 5.10 Å². The molecule has 0 unspecified atom stereocenters. The molecule has 9 heteroatoms. The molecule has 0 bridgehead atoms. The zero-order chi connectivity index (χ0) is 23.3. The van der Waals surface area contributed by atoms with Gasteiger partial charge < -0.3 is 14.4 Å². The number of benzene rings is 2. The molecule has 32 heavy (non-hydrogen) atoms. The first kappa shape index (κ1) is 23.6. The van der Waals surface area contributed by atoms with Gasteiger partial charge in [-0.25, -0.2) is 4.39 Å². The molecule has 1 amide bonds. The van der Waals surface area contributed by atoms with Crippen molar-refractivity contribution in [3.8, 4) is 11.3 Å². The summed E-state index contributed by atoms with van der Waals surface area (Å²) in [5.41, 5.74) is 4.47. The van der Waals surface area contributed by atoms with Gasteiger partial charge in [0.15, 0.2) is 0 Å². The van der Waals surface area contributed by atoms with E-state index in [1.165, 1.54) is 32.4 Å². The van der Waals surface area contributed by atoms with E-state index in [2.05, 4.69) is 10.4 Å². The standard InChI is InChI=1S/C23H25FN3O4P/c1-16-21(23(27(2)26-16)18-7-9-19(24)10-8-18)13-14-22(28)25-20-11-5-17(6-12-20)15-32(29,30-3)31-4/h5-14H,15H2,1-4H3,(H,25,28). The highest BCUT2D eigenvalue weighted by atomic mass is 31.2.